The van der Waals surface area contributed by atoms with Crippen LogP contribution in [0.15, 0.2) is 24.3 Å². The summed E-state index contributed by atoms with van der Waals surface area (Å²) in [7, 11) is -1.71. The lowest BCUT2D eigenvalue weighted by Crippen LogP contribution is -2.32. The average molecular weight is 285 g/mol. The van der Waals surface area contributed by atoms with Gasteiger partial charge in [0, 0.05) is 12.1 Å². The van der Waals surface area contributed by atoms with Crippen molar-refractivity contribution in [2.24, 2.45) is 5.14 Å². The van der Waals surface area contributed by atoms with E-state index < -0.39 is 10.0 Å². The number of benzene rings is 1. The number of hydrogen-bond acceptors (Lipinski definition) is 4. The van der Waals surface area contributed by atoms with Crippen LogP contribution in [0.25, 0.3) is 0 Å². The van der Waals surface area contributed by atoms with Crippen molar-refractivity contribution in [3.8, 4) is 0 Å². The first kappa shape index (κ1) is 15.6. The lowest BCUT2D eigenvalue weighted by Gasteiger charge is -2.09. The van der Waals surface area contributed by atoms with Crippen LogP contribution in [0.5, 0.6) is 0 Å². The summed E-state index contributed by atoms with van der Waals surface area (Å²) in [4.78, 5) is 11.9. The molecule has 0 saturated heterocycles. The Kier molecular flexibility index (Phi) is 5.94. The predicted molar refractivity (Wildman–Crippen MR) is 74.4 cm³/mol. The van der Waals surface area contributed by atoms with E-state index in [1.54, 1.807) is 12.1 Å². The molecule has 4 N–H and O–H groups in total. The second kappa shape index (κ2) is 7.22. The molecule has 0 radical (unpaired) electrons. The standard InChI is InChI=1S/C12H19N3O3S/c1-14-7-6-10-4-2-3-5-11(10)12(16)15-8-9-19(13,17)18/h2-5,14H,6-9H2,1H3,(H,15,16)(H2,13,17,18). The van der Waals surface area contributed by atoms with Gasteiger partial charge in [-0.2, -0.15) is 0 Å². The van der Waals surface area contributed by atoms with E-state index in [1.165, 1.54) is 0 Å². The van der Waals surface area contributed by atoms with Gasteiger partial charge in [-0.25, -0.2) is 13.6 Å². The molecule has 0 unspecified atom stereocenters. The highest BCUT2D eigenvalue weighted by atomic mass is 32.2. The molecule has 0 spiro atoms. The Morgan fingerprint density at radius 3 is 2.58 bits per heavy atom. The van der Waals surface area contributed by atoms with Crippen molar-refractivity contribution in [3.05, 3.63) is 35.4 Å². The van der Waals surface area contributed by atoms with Crippen molar-refractivity contribution in [1.29, 1.82) is 0 Å². The van der Waals surface area contributed by atoms with E-state index in [9.17, 15) is 13.2 Å². The van der Waals surface area contributed by atoms with Gasteiger partial charge in [-0.15, -0.1) is 0 Å². The number of nitrogens with two attached hydrogens (primary N) is 1. The number of primary sulfonamides is 1. The highest BCUT2D eigenvalue weighted by Crippen LogP contribution is 2.09. The molecule has 1 aromatic rings. The summed E-state index contributed by atoms with van der Waals surface area (Å²) in [5.41, 5.74) is 1.48. The molecular formula is C12H19N3O3S. The number of hydrogen-bond donors (Lipinski definition) is 3. The molecule has 0 bridgehead atoms. The normalized spacial score (nSPS) is 11.3. The third kappa shape index (κ3) is 5.82. The second-order valence-electron chi connectivity index (χ2n) is 4.13. The quantitative estimate of drug-likeness (QED) is 0.626. The number of nitrogens with one attached hydrogen (secondary N) is 2. The number of rotatable bonds is 7. The lowest BCUT2D eigenvalue weighted by molar-refractivity contribution is 0.0955. The minimum Gasteiger partial charge on any atom is -0.351 e. The van der Waals surface area contributed by atoms with Crippen molar-refractivity contribution < 1.29 is 13.2 Å². The van der Waals surface area contributed by atoms with E-state index in [-0.39, 0.29) is 18.2 Å². The molecule has 0 aliphatic carbocycles. The number of amides is 1. The maximum atomic E-state index is 11.9. The maximum Gasteiger partial charge on any atom is 0.251 e. The van der Waals surface area contributed by atoms with Crippen LogP contribution < -0.4 is 15.8 Å². The van der Waals surface area contributed by atoms with Gasteiger partial charge >= 0.3 is 0 Å². The number of likely N-dealkylation sites (N-methyl/N-ethyl adjacent to an activating group) is 1. The van der Waals surface area contributed by atoms with Crippen LogP contribution in [0.3, 0.4) is 0 Å². The van der Waals surface area contributed by atoms with Crippen molar-refractivity contribution in [2.45, 2.75) is 6.42 Å². The molecule has 0 heterocycles. The third-order valence-corrected chi connectivity index (χ3v) is 3.35. The fraction of sp³-hybridized carbons (Fsp3) is 0.417. The van der Waals surface area contributed by atoms with Gasteiger partial charge in [-0.05, 0) is 31.6 Å². The molecule has 0 aliphatic heterocycles. The van der Waals surface area contributed by atoms with Crippen LogP contribution in [0.4, 0.5) is 0 Å². The molecule has 0 aliphatic rings. The molecule has 7 heteroatoms. The molecule has 0 atom stereocenters. The Hall–Kier alpha value is -1.44. The van der Waals surface area contributed by atoms with Crippen molar-refractivity contribution in [1.82, 2.24) is 10.6 Å². The molecule has 1 aromatic carbocycles. The van der Waals surface area contributed by atoms with E-state index in [0.29, 0.717) is 5.56 Å². The Bertz CT molecular complexity index is 529. The largest absolute Gasteiger partial charge is 0.351 e. The Labute approximate surface area is 113 Å². The molecule has 6 nitrogen and oxygen atoms in total. The number of carbonyl (C=O) groups is 1. The first-order chi connectivity index (χ1) is 8.94. The van der Waals surface area contributed by atoms with Gasteiger partial charge in [0.2, 0.25) is 10.0 Å². The van der Waals surface area contributed by atoms with E-state index in [0.717, 1.165) is 18.5 Å². The van der Waals surface area contributed by atoms with Crippen molar-refractivity contribution >= 4 is 15.9 Å². The molecule has 1 rings (SSSR count). The predicted octanol–water partition coefficient (Wildman–Crippen LogP) is -0.533. The zero-order valence-corrected chi connectivity index (χ0v) is 11.7. The van der Waals surface area contributed by atoms with Gasteiger partial charge < -0.3 is 10.6 Å². The summed E-state index contributed by atoms with van der Waals surface area (Å²) < 4.78 is 21.6. The summed E-state index contributed by atoms with van der Waals surface area (Å²) >= 11 is 0. The van der Waals surface area contributed by atoms with Gasteiger partial charge in [0.1, 0.15) is 0 Å². The van der Waals surface area contributed by atoms with Crippen LogP contribution in [0, 0.1) is 0 Å². The molecule has 0 fully saturated rings. The van der Waals surface area contributed by atoms with E-state index in [1.807, 2.05) is 19.2 Å². The van der Waals surface area contributed by atoms with Gasteiger partial charge in [0.05, 0.1) is 5.75 Å². The SMILES string of the molecule is CNCCc1ccccc1C(=O)NCCS(N)(=O)=O. The Morgan fingerprint density at radius 1 is 1.26 bits per heavy atom. The second-order valence-corrected chi connectivity index (χ2v) is 5.87. The van der Waals surface area contributed by atoms with Crippen LogP contribution in [0.1, 0.15) is 15.9 Å². The lowest BCUT2D eigenvalue weighted by atomic mass is 10.0. The number of sulfonamides is 1. The zero-order chi connectivity index (χ0) is 14.3. The molecule has 0 aromatic heterocycles. The summed E-state index contributed by atoms with van der Waals surface area (Å²) in [6.07, 6.45) is 0.731. The van der Waals surface area contributed by atoms with Gasteiger partial charge in [-0.1, -0.05) is 18.2 Å². The maximum absolute atomic E-state index is 11.9. The molecule has 1 amide bonds. The van der Waals surface area contributed by atoms with Crippen molar-refractivity contribution in [2.75, 3.05) is 25.9 Å². The monoisotopic (exact) mass is 285 g/mol. The topological polar surface area (TPSA) is 101 Å². The summed E-state index contributed by atoms with van der Waals surface area (Å²) in [6, 6.07) is 7.24. The van der Waals surface area contributed by atoms with E-state index in [2.05, 4.69) is 10.6 Å². The van der Waals surface area contributed by atoms with Gasteiger partial charge in [0.25, 0.3) is 5.91 Å². The van der Waals surface area contributed by atoms with Crippen LogP contribution in [0.2, 0.25) is 0 Å². The highest BCUT2D eigenvalue weighted by Gasteiger charge is 2.11. The summed E-state index contributed by atoms with van der Waals surface area (Å²) in [5.74, 6) is -0.549. The molecular weight excluding hydrogens is 266 g/mol. The average Bonchev–Trinajstić information content (AvgIpc) is 2.35. The minimum absolute atomic E-state index is 0.0119. The van der Waals surface area contributed by atoms with Crippen LogP contribution in [-0.4, -0.2) is 40.2 Å². The molecule has 19 heavy (non-hydrogen) atoms. The highest BCUT2D eigenvalue weighted by molar-refractivity contribution is 7.89. The van der Waals surface area contributed by atoms with Crippen molar-refractivity contribution in [3.63, 3.8) is 0 Å². The fourth-order valence-electron chi connectivity index (χ4n) is 1.62. The van der Waals surface area contributed by atoms with Crippen LogP contribution in [-0.2, 0) is 16.4 Å². The number of carbonyl (C=O) groups excluding carboxylic acids is 1. The van der Waals surface area contributed by atoms with Crippen LogP contribution >= 0.6 is 0 Å². The fourth-order valence-corrected chi connectivity index (χ4v) is 2.01. The minimum atomic E-state index is -3.55. The summed E-state index contributed by atoms with van der Waals surface area (Å²) in [6.45, 7) is 0.777. The van der Waals surface area contributed by atoms with Gasteiger partial charge in [-0.3, -0.25) is 4.79 Å². The van der Waals surface area contributed by atoms with E-state index >= 15 is 0 Å². The first-order valence-electron chi connectivity index (χ1n) is 5.95. The van der Waals surface area contributed by atoms with Gasteiger partial charge in [0.15, 0.2) is 0 Å². The summed E-state index contributed by atoms with van der Waals surface area (Å²) in [5, 5.41) is 10.4. The third-order valence-electron chi connectivity index (χ3n) is 2.58. The zero-order valence-electron chi connectivity index (χ0n) is 10.8. The Balaban J connectivity index is 2.65. The Morgan fingerprint density at radius 2 is 1.95 bits per heavy atom. The first-order valence-corrected chi connectivity index (χ1v) is 7.67. The smallest absolute Gasteiger partial charge is 0.251 e. The van der Waals surface area contributed by atoms with E-state index in [4.69, 9.17) is 5.14 Å². The molecule has 0 saturated carbocycles. The molecule has 106 valence electrons.